The Balaban J connectivity index is 1.26. The fraction of sp³-hybridized carbons (Fsp3) is 0.611. The second kappa shape index (κ2) is 6.44. The normalized spacial score (nSPS) is 19.6. The minimum Gasteiger partial charge on any atom is -0.340 e. The molecule has 0 atom stereocenters. The highest BCUT2D eigenvalue weighted by Gasteiger charge is 2.29. The number of rotatable bonds is 5. The minimum atomic E-state index is 0.640. The number of thiazole rings is 1. The Labute approximate surface area is 156 Å². The van der Waals surface area contributed by atoms with Gasteiger partial charge in [0.2, 0.25) is 5.89 Å². The van der Waals surface area contributed by atoms with Gasteiger partial charge in [-0.05, 0) is 19.8 Å². The molecule has 26 heavy (non-hydrogen) atoms. The predicted octanol–water partition coefficient (Wildman–Crippen LogP) is 2.59. The lowest BCUT2D eigenvalue weighted by Gasteiger charge is -2.34. The number of hydrogen-bond acceptors (Lipinski definition) is 7. The van der Waals surface area contributed by atoms with Crippen molar-refractivity contribution < 1.29 is 4.52 Å². The summed E-state index contributed by atoms with van der Waals surface area (Å²) in [5.41, 5.74) is 4.04. The Morgan fingerprint density at radius 1 is 1.08 bits per heavy atom. The van der Waals surface area contributed by atoms with E-state index in [0.29, 0.717) is 5.89 Å². The van der Waals surface area contributed by atoms with E-state index in [1.54, 1.807) is 11.3 Å². The van der Waals surface area contributed by atoms with Gasteiger partial charge in [0.25, 0.3) is 0 Å². The van der Waals surface area contributed by atoms with Crippen LogP contribution in [0.2, 0.25) is 0 Å². The predicted molar refractivity (Wildman–Crippen MR) is 99.4 cm³/mol. The summed E-state index contributed by atoms with van der Waals surface area (Å²) in [6, 6.07) is 0. The van der Waals surface area contributed by atoms with E-state index in [2.05, 4.69) is 36.6 Å². The Morgan fingerprint density at radius 3 is 2.46 bits per heavy atom. The SMILES string of the molecule is Cc1nc(CN2CCN(Cc3c(C)nc4scc(C5CC5)n34)CC2)no1. The van der Waals surface area contributed by atoms with Gasteiger partial charge in [0.15, 0.2) is 10.8 Å². The molecule has 0 bridgehead atoms. The van der Waals surface area contributed by atoms with E-state index < -0.39 is 0 Å². The van der Waals surface area contributed by atoms with Crippen LogP contribution in [0.3, 0.4) is 0 Å². The summed E-state index contributed by atoms with van der Waals surface area (Å²) in [5, 5.41) is 6.32. The van der Waals surface area contributed by atoms with Crippen LogP contribution in [0.5, 0.6) is 0 Å². The molecule has 0 radical (unpaired) electrons. The molecule has 0 spiro atoms. The van der Waals surface area contributed by atoms with E-state index in [1.165, 1.54) is 29.9 Å². The Hall–Kier alpha value is -1.77. The minimum absolute atomic E-state index is 0.640. The number of piperazine rings is 1. The summed E-state index contributed by atoms with van der Waals surface area (Å²) in [4.78, 5) is 15.2. The number of aryl methyl sites for hydroxylation is 2. The molecule has 8 heteroatoms. The van der Waals surface area contributed by atoms with Crippen LogP contribution in [0.1, 0.15) is 47.6 Å². The third kappa shape index (κ3) is 3.06. The highest BCUT2D eigenvalue weighted by molar-refractivity contribution is 7.15. The van der Waals surface area contributed by atoms with E-state index in [9.17, 15) is 0 Å². The van der Waals surface area contributed by atoms with Gasteiger partial charge in [-0.1, -0.05) is 5.16 Å². The van der Waals surface area contributed by atoms with Gasteiger partial charge in [0, 0.05) is 56.6 Å². The third-order valence-corrected chi connectivity index (χ3v) is 6.30. The summed E-state index contributed by atoms with van der Waals surface area (Å²) >= 11 is 1.79. The summed E-state index contributed by atoms with van der Waals surface area (Å²) in [6.07, 6.45) is 2.66. The molecule has 1 saturated carbocycles. The summed E-state index contributed by atoms with van der Waals surface area (Å²) < 4.78 is 7.51. The molecule has 0 amide bonds. The second-order valence-electron chi connectivity index (χ2n) is 7.48. The van der Waals surface area contributed by atoms with Crippen molar-refractivity contribution in [1.29, 1.82) is 0 Å². The van der Waals surface area contributed by atoms with Gasteiger partial charge in [-0.3, -0.25) is 14.2 Å². The van der Waals surface area contributed by atoms with Crippen molar-refractivity contribution in [2.24, 2.45) is 0 Å². The summed E-state index contributed by atoms with van der Waals surface area (Å²) in [7, 11) is 0. The average Bonchev–Trinajstić information content (AvgIpc) is 3.16. The first-order valence-corrected chi connectivity index (χ1v) is 10.2. The molecule has 3 aromatic rings. The van der Waals surface area contributed by atoms with Gasteiger partial charge >= 0.3 is 0 Å². The van der Waals surface area contributed by atoms with E-state index in [0.717, 1.165) is 56.0 Å². The molecule has 0 unspecified atom stereocenters. The van der Waals surface area contributed by atoms with E-state index in [1.807, 2.05) is 6.92 Å². The van der Waals surface area contributed by atoms with E-state index in [4.69, 9.17) is 9.51 Å². The van der Waals surface area contributed by atoms with Gasteiger partial charge in [0.1, 0.15) is 0 Å². The Kier molecular flexibility index (Phi) is 4.06. The maximum atomic E-state index is 5.07. The maximum absolute atomic E-state index is 5.07. The van der Waals surface area contributed by atoms with Crippen LogP contribution in [0.15, 0.2) is 9.90 Å². The summed E-state index contributed by atoms with van der Waals surface area (Å²) in [6.45, 7) is 9.94. The largest absolute Gasteiger partial charge is 0.340 e. The van der Waals surface area contributed by atoms with Crippen molar-refractivity contribution in [3.63, 3.8) is 0 Å². The summed E-state index contributed by atoms with van der Waals surface area (Å²) in [5.74, 6) is 2.18. The quantitative estimate of drug-likeness (QED) is 0.686. The average molecular weight is 372 g/mol. The zero-order valence-electron chi connectivity index (χ0n) is 15.3. The highest BCUT2D eigenvalue weighted by atomic mass is 32.1. The topological polar surface area (TPSA) is 62.7 Å². The number of fused-ring (bicyclic) bond motifs is 1. The first-order chi connectivity index (χ1) is 12.7. The molecule has 7 nitrogen and oxygen atoms in total. The molecule has 4 heterocycles. The third-order valence-electron chi connectivity index (χ3n) is 5.45. The van der Waals surface area contributed by atoms with Gasteiger partial charge in [-0.25, -0.2) is 4.98 Å². The molecule has 0 aromatic carbocycles. The molecule has 2 fully saturated rings. The fourth-order valence-electron chi connectivity index (χ4n) is 3.81. The monoisotopic (exact) mass is 372 g/mol. The van der Waals surface area contributed by atoms with Gasteiger partial charge in [-0.2, -0.15) is 4.98 Å². The van der Waals surface area contributed by atoms with Crippen molar-refractivity contribution in [1.82, 2.24) is 29.3 Å². The molecule has 1 saturated heterocycles. The lowest BCUT2D eigenvalue weighted by atomic mass is 10.2. The van der Waals surface area contributed by atoms with Gasteiger partial charge in [0.05, 0.1) is 17.9 Å². The molecule has 138 valence electrons. The molecular weight excluding hydrogens is 348 g/mol. The fourth-order valence-corrected chi connectivity index (χ4v) is 4.85. The first kappa shape index (κ1) is 16.4. The smallest absolute Gasteiger partial charge is 0.223 e. The van der Waals surface area contributed by atoms with Crippen molar-refractivity contribution >= 4 is 16.3 Å². The van der Waals surface area contributed by atoms with Gasteiger partial charge in [-0.15, -0.1) is 11.3 Å². The first-order valence-electron chi connectivity index (χ1n) is 9.36. The second-order valence-corrected chi connectivity index (χ2v) is 8.32. The lowest BCUT2D eigenvalue weighted by Crippen LogP contribution is -2.45. The van der Waals surface area contributed by atoms with Crippen LogP contribution in [-0.4, -0.2) is 55.5 Å². The molecule has 1 aliphatic carbocycles. The number of nitrogens with zero attached hydrogens (tertiary/aromatic N) is 6. The lowest BCUT2D eigenvalue weighted by molar-refractivity contribution is 0.117. The molecule has 5 rings (SSSR count). The van der Waals surface area contributed by atoms with Crippen LogP contribution in [0, 0.1) is 13.8 Å². The molecule has 1 aliphatic heterocycles. The Morgan fingerprint density at radius 2 is 1.81 bits per heavy atom. The van der Waals surface area contributed by atoms with E-state index in [-0.39, 0.29) is 0 Å². The van der Waals surface area contributed by atoms with Crippen LogP contribution in [-0.2, 0) is 13.1 Å². The number of imidazole rings is 1. The zero-order chi connectivity index (χ0) is 17.7. The zero-order valence-corrected chi connectivity index (χ0v) is 16.1. The highest BCUT2D eigenvalue weighted by Crippen LogP contribution is 2.42. The van der Waals surface area contributed by atoms with Crippen LogP contribution < -0.4 is 0 Å². The van der Waals surface area contributed by atoms with E-state index >= 15 is 0 Å². The van der Waals surface area contributed by atoms with Gasteiger partial charge < -0.3 is 4.52 Å². The van der Waals surface area contributed by atoms with Crippen molar-refractivity contribution in [2.75, 3.05) is 26.2 Å². The maximum Gasteiger partial charge on any atom is 0.223 e. The number of aromatic nitrogens is 4. The Bertz CT molecular complexity index is 916. The standard InChI is InChI=1S/C18H24N6OS/c1-12-15(24-16(14-3-4-14)11-26-18(24)19-12)9-22-5-7-23(8-6-22)10-17-20-13(2)25-21-17/h11,14H,3-10H2,1-2H3. The van der Waals surface area contributed by atoms with Crippen LogP contribution in [0.4, 0.5) is 0 Å². The van der Waals surface area contributed by atoms with Crippen molar-refractivity contribution in [2.45, 2.75) is 45.7 Å². The molecule has 0 N–H and O–H groups in total. The van der Waals surface area contributed by atoms with Crippen molar-refractivity contribution in [3.8, 4) is 0 Å². The van der Waals surface area contributed by atoms with Crippen molar-refractivity contribution in [3.05, 3.63) is 34.2 Å². The van der Waals surface area contributed by atoms with Crippen LogP contribution >= 0.6 is 11.3 Å². The van der Waals surface area contributed by atoms with Crippen LogP contribution in [0.25, 0.3) is 4.96 Å². The number of hydrogen-bond donors (Lipinski definition) is 0. The molecule has 3 aromatic heterocycles. The molecular formula is C18H24N6OS. The molecule has 2 aliphatic rings.